The minimum absolute atomic E-state index is 0.0294. The Bertz CT molecular complexity index is 730. The van der Waals surface area contributed by atoms with Gasteiger partial charge in [0, 0.05) is 42.4 Å². The van der Waals surface area contributed by atoms with Crippen LogP contribution in [0.4, 0.5) is 0 Å². The molecule has 2 amide bonds. The van der Waals surface area contributed by atoms with E-state index < -0.39 is 0 Å². The average molecular weight is 376 g/mol. The van der Waals surface area contributed by atoms with E-state index in [4.69, 9.17) is 0 Å². The minimum atomic E-state index is 0.0294. The van der Waals surface area contributed by atoms with Crippen LogP contribution in [-0.4, -0.2) is 52.3 Å². The van der Waals surface area contributed by atoms with Crippen molar-refractivity contribution in [1.29, 1.82) is 0 Å². The number of thiazole rings is 1. The van der Waals surface area contributed by atoms with Crippen LogP contribution in [0.2, 0.25) is 0 Å². The summed E-state index contributed by atoms with van der Waals surface area (Å²) in [6.07, 6.45) is 3.29. The van der Waals surface area contributed by atoms with Crippen LogP contribution < -0.4 is 0 Å². The Balaban J connectivity index is 1.41. The maximum Gasteiger partial charge on any atom is 0.273 e. The van der Waals surface area contributed by atoms with Crippen LogP contribution in [-0.2, 0) is 11.2 Å². The van der Waals surface area contributed by atoms with Gasteiger partial charge >= 0.3 is 0 Å². The molecule has 2 aliphatic rings. The Morgan fingerprint density at radius 2 is 2.28 bits per heavy atom. The fraction of sp³-hybridized carbons (Fsp3) is 0.500. The second kappa shape index (κ2) is 7.25. The smallest absolute Gasteiger partial charge is 0.273 e. The van der Waals surface area contributed by atoms with Crippen LogP contribution in [0.5, 0.6) is 0 Å². The number of amides is 2. The maximum absolute atomic E-state index is 12.6. The van der Waals surface area contributed by atoms with Crippen LogP contribution in [0, 0.1) is 5.92 Å². The van der Waals surface area contributed by atoms with Gasteiger partial charge in [0.1, 0.15) is 5.69 Å². The summed E-state index contributed by atoms with van der Waals surface area (Å²) in [6.45, 7) is 2.24. The first-order valence-corrected chi connectivity index (χ1v) is 10.5. The summed E-state index contributed by atoms with van der Waals surface area (Å²) in [5, 5.41) is 3.89. The number of carbonyl (C=O) groups excluding carboxylic acids is 2. The Morgan fingerprint density at radius 1 is 1.36 bits per heavy atom. The molecule has 7 heteroatoms. The van der Waals surface area contributed by atoms with E-state index in [-0.39, 0.29) is 17.9 Å². The van der Waals surface area contributed by atoms with Crippen molar-refractivity contribution >= 4 is 34.5 Å². The number of hydrogen-bond acceptors (Lipinski definition) is 5. The molecule has 2 unspecified atom stereocenters. The lowest BCUT2D eigenvalue weighted by atomic mass is 9.83. The van der Waals surface area contributed by atoms with E-state index in [1.807, 2.05) is 10.3 Å². The van der Waals surface area contributed by atoms with E-state index in [9.17, 15) is 9.59 Å². The largest absolute Gasteiger partial charge is 0.339 e. The van der Waals surface area contributed by atoms with E-state index in [0.717, 1.165) is 32.4 Å². The number of carbonyl (C=O) groups is 2. The molecule has 2 aliphatic heterocycles. The summed E-state index contributed by atoms with van der Waals surface area (Å²) in [7, 11) is 0. The van der Waals surface area contributed by atoms with Crippen molar-refractivity contribution in [2.75, 3.05) is 19.6 Å². The minimum Gasteiger partial charge on any atom is -0.339 e. The van der Waals surface area contributed by atoms with Gasteiger partial charge in [-0.3, -0.25) is 9.59 Å². The molecule has 2 aromatic rings. The van der Waals surface area contributed by atoms with E-state index in [1.165, 1.54) is 16.2 Å². The van der Waals surface area contributed by atoms with Crippen LogP contribution >= 0.6 is 22.7 Å². The molecular formula is C18H21N3O2S2. The summed E-state index contributed by atoms with van der Waals surface area (Å²) in [4.78, 5) is 34.5. The van der Waals surface area contributed by atoms with Crippen LogP contribution in [0.25, 0.3) is 0 Å². The second-order valence-electron chi connectivity index (χ2n) is 6.70. The topological polar surface area (TPSA) is 53.5 Å². The fourth-order valence-electron chi connectivity index (χ4n) is 3.99. The van der Waals surface area contributed by atoms with Gasteiger partial charge < -0.3 is 9.80 Å². The van der Waals surface area contributed by atoms with Crippen molar-refractivity contribution in [3.05, 3.63) is 39.0 Å². The molecule has 4 heterocycles. The molecule has 0 aromatic carbocycles. The van der Waals surface area contributed by atoms with Crippen molar-refractivity contribution in [3.63, 3.8) is 0 Å². The summed E-state index contributed by atoms with van der Waals surface area (Å²) in [6, 6.07) is 4.47. The quantitative estimate of drug-likeness (QED) is 0.826. The van der Waals surface area contributed by atoms with Gasteiger partial charge in [-0.1, -0.05) is 6.07 Å². The van der Waals surface area contributed by atoms with Crippen molar-refractivity contribution in [1.82, 2.24) is 14.8 Å². The number of rotatable bonds is 4. The summed E-state index contributed by atoms with van der Waals surface area (Å²) in [5.41, 5.74) is 2.25. The summed E-state index contributed by atoms with van der Waals surface area (Å²) >= 11 is 3.20. The highest BCUT2D eigenvalue weighted by Gasteiger charge is 2.40. The molecule has 5 nitrogen and oxygen atoms in total. The molecule has 2 atom stereocenters. The van der Waals surface area contributed by atoms with Crippen molar-refractivity contribution < 1.29 is 9.59 Å². The number of thiophene rings is 1. The third-order valence-corrected chi connectivity index (χ3v) is 6.78. The van der Waals surface area contributed by atoms with E-state index in [1.54, 1.807) is 16.8 Å². The fourth-order valence-corrected chi connectivity index (χ4v) is 5.22. The number of likely N-dealkylation sites (tertiary alicyclic amines) is 2. The molecule has 4 rings (SSSR count). The zero-order valence-electron chi connectivity index (χ0n) is 14.0. The number of aromatic nitrogens is 1. The van der Waals surface area contributed by atoms with E-state index in [0.29, 0.717) is 24.6 Å². The SMILES string of the molecule is O=C(c1cscn1)N1CCC2C(CCC(=O)N2CCc2cccs2)C1. The van der Waals surface area contributed by atoms with Crippen molar-refractivity contribution in [3.8, 4) is 0 Å². The van der Waals surface area contributed by atoms with Crippen molar-refractivity contribution in [2.45, 2.75) is 31.7 Å². The van der Waals surface area contributed by atoms with E-state index in [2.05, 4.69) is 27.4 Å². The number of hydrogen-bond donors (Lipinski definition) is 0. The summed E-state index contributed by atoms with van der Waals surface area (Å²) < 4.78 is 0. The molecule has 0 spiro atoms. The molecule has 132 valence electrons. The number of nitrogens with zero attached hydrogens (tertiary/aromatic N) is 3. The van der Waals surface area contributed by atoms with Crippen LogP contribution in [0.1, 0.15) is 34.6 Å². The van der Waals surface area contributed by atoms with Crippen LogP contribution in [0.3, 0.4) is 0 Å². The molecule has 0 N–H and O–H groups in total. The second-order valence-corrected chi connectivity index (χ2v) is 8.45. The molecule has 2 saturated heterocycles. The van der Waals surface area contributed by atoms with Gasteiger partial charge in [-0.25, -0.2) is 4.98 Å². The highest BCUT2D eigenvalue weighted by molar-refractivity contribution is 7.09. The Kier molecular flexibility index (Phi) is 4.85. The Morgan fingerprint density at radius 3 is 3.04 bits per heavy atom. The molecular weight excluding hydrogens is 354 g/mol. The Hall–Kier alpha value is -1.73. The molecule has 0 aliphatic carbocycles. The molecule has 0 radical (unpaired) electrons. The van der Waals surface area contributed by atoms with Gasteiger partial charge in [-0.15, -0.1) is 22.7 Å². The van der Waals surface area contributed by atoms with Gasteiger partial charge in [-0.2, -0.15) is 0 Å². The number of piperidine rings is 2. The van der Waals surface area contributed by atoms with E-state index >= 15 is 0 Å². The monoisotopic (exact) mass is 375 g/mol. The predicted octanol–water partition coefficient (Wildman–Crippen LogP) is 2.90. The highest BCUT2D eigenvalue weighted by Crippen LogP contribution is 2.32. The maximum atomic E-state index is 12.6. The van der Waals surface area contributed by atoms with Gasteiger partial charge in [0.05, 0.1) is 5.51 Å². The standard InChI is InChI=1S/C18H21N3O2S2/c22-17-4-3-13-10-20(18(23)15-11-24-12-19-15)7-6-16(13)21(17)8-5-14-2-1-9-25-14/h1-2,9,11-13,16H,3-8,10H2. The average Bonchev–Trinajstić information content (AvgIpc) is 3.33. The highest BCUT2D eigenvalue weighted by atomic mass is 32.1. The first-order valence-electron chi connectivity index (χ1n) is 8.71. The molecule has 2 aromatic heterocycles. The molecule has 2 fully saturated rings. The first-order chi connectivity index (χ1) is 12.2. The lowest BCUT2D eigenvalue weighted by Gasteiger charge is -2.47. The predicted molar refractivity (Wildman–Crippen MR) is 98.9 cm³/mol. The molecule has 0 bridgehead atoms. The Labute approximate surface area is 155 Å². The lowest BCUT2D eigenvalue weighted by molar-refractivity contribution is -0.140. The summed E-state index contributed by atoms with van der Waals surface area (Å²) in [5.74, 6) is 0.691. The van der Waals surface area contributed by atoms with Gasteiger partial charge in [0.25, 0.3) is 5.91 Å². The van der Waals surface area contributed by atoms with Gasteiger partial charge in [0.15, 0.2) is 0 Å². The number of fused-ring (bicyclic) bond motifs is 1. The van der Waals surface area contributed by atoms with Gasteiger partial charge in [-0.05, 0) is 36.6 Å². The normalized spacial score (nSPS) is 23.6. The molecule has 0 saturated carbocycles. The lowest BCUT2D eigenvalue weighted by Crippen LogP contribution is -2.57. The first kappa shape index (κ1) is 16.7. The molecule has 25 heavy (non-hydrogen) atoms. The van der Waals surface area contributed by atoms with Crippen LogP contribution in [0.15, 0.2) is 28.4 Å². The third-order valence-electron chi connectivity index (χ3n) is 5.26. The van der Waals surface area contributed by atoms with Crippen molar-refractivity contribution in [2.24, 2.45) is 5.92 Å². The zero-order valence-corrected chi connectivity index (χ0v) is 15.6. The van der Waals surface area contributed by atoms with Gasteiger partial charge in [0.2, 0.25) is 5.91 Å². The zero-order chi connectivity index (χ0) is 17.2. The third kappa shape index (κ3) is 3.48.